The lowest BCUT2D eigenvalue weighted by atomic mass is 10.1. The summed E-state index contributed by atoms with van der Waals surface area (Å²) in [7, 11) is 0. The third kappa shape index (κ3) is 5.43. The van der Waals surface area contributed by atoms with Crippen LogP contribution in [0.1, 0.15) is 16.8 Å². The molecule has 3 aromatic heterocycles. The highest BCUT2D eigenvalue weighted by atomic mass is 16.5. The quantitative estimate of drug-likeness (QED) is 0.168. The van der Waals surface area contributed by atoms with Crippen molar-refractivity contribution in [3.05, 3.63) is 89.9 Å². The van der Waals surface area contributed by atoms with E-state index in [1.54, 1.807) is 18.5 Å². The van der Waals surface area contributed by atoms with Crippen molar-refractivity contribution in [2.75, 3.05) is 5.32 Å². The van der Waals surface area contributed by atoms with Crippen LogP contribution in [0.5, 0.6) is 11.5 Å². The van der Waals surface area contributed by atoms with Crippen molar-refractivity contribution in [1.29, 1.82) is 0 Å². The Morgan fingerprint density at radius 1 is 1.00 bits per heavy atom. The number of amidine groups is 1. The van der Waals surface area contributed by atoms with Gasteiger partial charge in [0, 0.05) is 36.3 Å². The highest BCUT2D eigenvalue weighted by Gasteiger charge is 2.13. The number of pyridine rings is 3. The molecular weight excluding hydrogens is 414 g/mol. The van der Waals surface area contributed by atoms with Crippen LogP contribution in [-0.2, 0) is 6.42 Å². The number of anilines is 2. The summed E-state index contributed by atoms with van der Waals surface area (Å²) in [5.74, 6) is 7.51. The Kier molecular flexibility index (Phi) is 6.45. The van der Waals surface area contributed by atoms with E-state index in [-0.39, 0.29) is 0 Å². The molecule has 0 atom stereocenters. The van der Waals surface area contributed by atoms with Crippen molar-refractivity contribution in [3.63, 3.8) is 0 Å². The van der Waals surface area contributed by atoms with Crippen molar-refractivity contribution >= 4 is 17.3 Å². The molecule has 33 heavy (non-hydrogen) atoms. The predicted molar refractivity (Wildman–Crippen MR) is 130 cm³/mol. The number of hydrogen-bond donors (Lipinski definition) is 3. The summed E-state index contributed by atoms with van der Waals surface area (Å²) in [4.78, 5) is 13.6. The minimum Gasteiger partial charge on any atom is -0.455 e. The molecular formula is C25H25N7O. The molecule has 0 aliphatic heterocycles. The van der Waals surface area contributed by atoms with E-state index in [1.807, 2.05) is 68.4 Å². The minimum absolute atomic E-state index is 0.367. The van der Waals surface area contributed by atoms with Crippen molar-refractivity contribution in [3.8, 4) is 22.9 Å². The van der Waals surface area contributed by atoms with Gasteiger partial charge in [0.1, 0.15) is 23.1 Å². The van der Waals surface area contributed by atoms with E-state index < -0.39 is 0 Å². The Morgan fingerprint density at radius 2 is 1.88 bits per heavy atom. The molecule has 0 aliphatic rings. The molecule has 1 aromatic carbocycles. The molecule has 5 N–H and O–H groups in total. The first-order valence-electron chi connectivity index (χ1n) is 10.4. The number of ether oxygens (including phenoxy) is 1. The number of rotatable bonds is 7. The summed E-state index contributed by atoms with van der Waals surface area (Å²) in [5, 5.41) is 6.82. The van der Waals surface area contributed by atoms with Crippen LogP contribution in [0.4, 0.5) is 11.5 Å². The zero-order chi connectivity index (χ0) is 23.2. The summed E-state index contributed by atoms with van der Waals surface area (Å²) in [6.45, 7) is 3.98. The number of nitrogens with one attached hydrogen (secondary N) is 1. The molecule has 3 heterocycles. The Bertz CT molecular complexity index is 1290. The zero-order valence-electron chi connectivity index (χ0n) is 18.5. The van der Waals surface area contributed by atoms with Gasteiger partial charge in [-0.1, -0.05) is 18.2 Å². The van der Waals surface area contributed by atoms with Crippen molar-refractivity contribution < 1.29 is 4.74 Å². The number of nitrogens with zero attached hydrogens (tertiary/aromatic N) is 4. The van der Waals surface area contributed by atoms with Crippen LogP contribution < -0.4 is 21.6 Å². The molecule has 4 aromatic rings. The monoisotopic (exact) mass is 439 g/mol. The Balaban J connectivity index is 1.59. The van der Waals surface area contributed by atoms with E-state index in [0.717, 1.165) is 28.2 Å². The molecule has 4 rings (SSSR count). The van der Waals surface area contributed by atoms with Crippen molar-refractivity contribution in [2.45, 2.75) is 20.3 Å². The van der Waals surface area contributed by atoms with Gasteiger partial charge in [-0.15, -0.1) is 0 Å². The van der Waals surface area contributed by atoms with Crippen LogP contribution >= 0.6 is 0 Å². The number of aryl methyl sites for hydroxylation is 2. The normalized spacial score (nSPS) is 11.3. The van der Waals surface area contributed by atoms with Gasteiger partial charge < -0.3 is 21.6 Å². The minimum atomic E-state index is 0.367. The number of aromatic nitrogens is 3. The summed E-state index contributed by atoms with van der Waals surface area (Å²) in [5.41, 5.74) is 11.0. The first-order chi connectivity index (χ1) is 16.0. The fraction of sp³-hybridized carbons (Fsp3) is 0.120. The van der Waals surface area contributed by atoms with Gasteiger partial charge in [-0.2, -0.15) is 5.10 Å². The summed E-state index contributed by atoms with van der Waals surface area (Å²) < 4.78 is 6.24. The fourth-order valence-corrected chi connectivity index (χ4v) is 3.28. The van der Waals surface area contributed by atoms with E-state index in [9.17, 15) is 0 Å². The molecule has 0 fully saturated rings. The lowest BCUT2D eigenvalue weighted by molar-refractivity contribution is 0.481. The second-order valence-corrected chi connectivity index (χ2v) is 7.55. The summed E-state index contributed by atoms with van der Waals surface area (Å²) >= 11 is 0. The third-order valence-electron chi connectivity index (χ3n) is 5.05. The lowest BCUT2D eigenvalue weighted by Gasteiger charge is -2.14. The summed E-state index contributed by atoms with van der Waals surface area (Å²) in [6, 6.07) is 19.1. The first-order valence-corrected chi connectivity index (χ1v) is 10.4. The van der Waals surface area contributed by atoms with Crippen LogP contribution in [0.2, 0.25) is 0 Å². The molecule has 0 saturated heterocycles. The average Bonchev–Trinajstić information content (AvgIpc) is 2.82. The Hall–Kier alpha value is -4.46. The largest absolute Gasteiger partial charge is 0.455 e. The zero-order valence-corrected chi connectivity index (χ0v) is 18.5. The van der Waals surface area contributed by atoms with Crippen molar-refractivity contribution in [2.24, 2.45) is 16.7 Å². The molecule has 8 nitrogen and oxygen atoms in total. The van der Waals surface area contributed by atoms with Gasteiger partial charge >= 0.3 is 0 Å². The predicted octanol–water partition coefficient (Wildman–Crippen LogP) is 4.46. The molecule has 0 unspecified atom stereocenters. The smallest absolute Gasteiger partial charge is 0.155 e. The molecule has 0 radical (unpaired) electrons. The highest BCUT2D eigenvalue weighted by Crippen LogP contribution is 2.33. The SMILES string of the molecule is Cc1cc(Oc2ccnc(Nc3cccc(C/C(N)=N/N)c3)c2)c(-c2ccccn2)nc1C. The molecule has 166 valence electrons. The van der Waals surface area contributed by atoms with Gasteiger partial charge in [-0.3, -0.25) is 4.98 Å². The first kappa shape index (κ1) is 21.8. The Labute approximate surface area is 192 Å². The van der Waals surface area contributed by atoms with Crippen LogP contribution in [0.25, 0.3) is 11.4 Å². The van der Waals surface area contributed by atoms with E-state index >= 15 is 0 Å². The van der Waals surface area contributed by atoms with E-state index in [4.69, 9.17) is 21.3 Å². The van der Waals surface area contributed by atoms with Crippen LogP contribution in [0.15, 0.2) is 78.2 Å². The van der Waals surface area contributed by atoms with Gasteiger partial charge in [0.15, 0.2) is 5.75 Å². The average molecular weight is 440 g/mol. The molecule has 0 aliphatic carbocycles. The molecule has 0 spiro atoms. The van der Waals surface area contributed by atoms with Gasteiger partial charge in [-0.05, 0) is 61.4 Å². The van der Waals surface area contributed by atoms with Gasteiger partial charge in [0.2, 0.25) is 0 Å². The fourth-order valence-electron chi connectivity index (χ4n) is 3.28. The molecule has 0 saturated carbocycles. The number of hydrogen-bond acceptors (Lipinski definition) is 7. The van der Waals surface area contributed by atoms with Gasteiger partial charge in [-0.25, -0.2) is 9.97 Å². The maximum atomic E-state index is 6.24. The van der Waals surface area contributed by atoms with Crippen LogP contribution in [0.3, 0.4) is 0 Å². The topological polar surface area (TPSA) is 124 Å². The van der Waals surface area contributed by atoms with Gasteiger partial charge in [0.05, 0.1) is 5.69 Å². The van der Waals surface area contributed by atoms with E-state index in [0.29, 0.717) is 35.3 Å². The van der Waals surface area contributed by atoms with Crippen molar-refractivity contribution in [1.82, 2.24) is 15.0 Å². The maximum absolute atomic E-state index is 6.24. The maximum Gasteiger partial charge on any atom is 0.155 e. The number of nitrogens with two attached hydrogens (primary N) is 2. The second kappa shape index (κ2) is 9.78. The third-order valence-corrected chi connectivity index (χ3v) is 5.05. The van der Waals surface area contributed by atoms with Crippen LogP contribution in [-0.4, -0.2) is 20.8 Å². The number of hydrazone groups is 1. The molecule has 0 amide bonds. The second-order valence-electron chi connectivity index (χ2n) is 7.55. The lowest BCUT2D eigenvalue weighted by Crippen LogP contribution is -2.16. The van der Waals surface area contributed by atoms with Gasteiger partial charge in [0.25, 0.3) is 0 Å². The Morgan fingerprint density at radius 3 is 2.67 bits per heavy atom. The number of benzene rings is 1. The van der Waals surface area contributed by atoms with Crippen LogP contribution in [0, 0.1) is 13.8 Å². The highest BCUT2D eigenvalue weighted by molar-refractivity contribution is 5.82. The molecule has 8 heteroatoms. The standard InChI is InChI=1S/C25H25N7O/c1-16-12-22(25(30-17(16)2)21-8-3-4-10-28-21)33-20-9-11-29-24(15-20)31-19-7-5-6-18(13-19)14-23(26)32-27/h3-13,15H,14,27H2,1-2H3,(H2,26,32)(H,29,31). The molecule has 0 bridgehead atoms. The van der Waals surface area contributed by atoms with E-state index in [2.05, 4.69) is 20.4 Å². The summed E-state index contributed by atoms with van der Waals surface area (Å²) in [6.07, 6.45) is 3.90. The van der Waals surface area contributed by atoms with E-state index in [1.165, 1.54) is 0 Å².